The van der Waals surface area contributed by atoms with Crippen LogP contribution in [0, 0.1) is 5.41 Å². The van der Waals surface area contributed by atoms with Crippen LogP contribution in [0.5, 0.6) is 0 Å². The molecule has 2 unspecified atom stereocenters. The minimum Gasteiger partial charge on any atom is -0.453 e. The first-order valence-corrected chi connectivity index (χ1v) is 7.30. The summed E-state index contributed by atoms with van der Waals surface area (Å²) < 4.78 is 17.5. The number of rotatable bonds is 3. The summed E-state index contributed by atoms with van der Waals surface area (Å²) >= 11 is 0. The van der Waals surface area contributed by atoms with E-state index in [1.54, 1.807) is 0 Å². The quantitative estimate of drug-likeness (QED) is 0.740. The van der Waals surface area contributed by atoms with E-state index in [0.29, 0.717) is 0 Å². The van der Waals surface area contributed by atoms with Gasteiger partial charge in [0.25, 0.3) is 0 Å². The highest BCUT2D eigenvalue weighted by molar-refractivity contribution is 5.76. The molecule has 4 heteroatoms. The molecule has 2 fully saturated rings. The minimum atomic E-state index is -0.655. The Morgan fingerprint density at radius 1 is 1.00 bits per heavy atom. The normalized spacial score (nSPS) is 31.2. The van der Waals surface area contributed by atoms with Crippen LogP contribution in [0.1, 0.15) is 53.4 Å². The van der Waals surface area contributed by atoms with Crippen LogP contribution in [0.25, 0.3) is 0 Å². The van der Waals surface area contributed by atoms with E-state index in [-0.39, 0.29) is 18.2 Å². The second kappa shape index (κ2) is 5.41. The van der Waals surface area contributed by atoms with Crippen LogP contribution in [0.3, 0.4) is 0 Å². The van der Waals surface area contributed by atoms with Crippen molar-refractivity contribution < 1.29 is 19.0 Å². The van der Waals surface area contributed by atoms with Crippen molar-refractivity contribution in [3.05, 3.63) is 0 Å². The van der Waals surface area contributed by atoms with E-state index in [1.165, 1.54) is 0 Å². The molecule has 2 rings (SSSR count). The molecule has 19 heavy (non-hydrogen) atoms. The molecule has 110 valence electrons. The van der Waals surface area contributed by atoms with E-state index < -0.39 is 11.0 Å². The van der Waals surface area contributed by atoms with Crippen LogP contribution in [-0.4, -0.2) is 37.0 Å². The summed E-state index contributed by atoms with van der Waals surface area (Å²) in [7, 11) is 0. The van der Waals surface area contributed by atoms with Crippen molar-refractivity contribution in [2.75, 3.05) is 13.2 Å². The van der Waals surface area contributed by atoms with E-state index in [1.807, 2.05) is 27.7 Å². The average Bonchev–Trinajstić information content (AvgIpc) is 3.01. The largest absolute Gasteiger partial charge is 0.453 e. The van der Waals surface area contributed by atoms with Gasteiger partial charge in [-0.25, -0.2) is 0 Å². The van der Waals surface area contributed by atoms with E-state index in [2.05, 4.69) is 0 Å². The smallest absolute Gasteiger partial charge is 0.311 e. The lowest BCUT2D eigenvalue weighted by Crippen LogP contribution is -2.53. The lowest BCUT2D eigenvalue weighted by atomic mass is 9.87. The maximum absolute atomic E-state index is 12.3. The van der Waals surface area contributed by atoms with Gasteiger partial charge in [0.15, 0.2) is 5.60 Å². The van der Waals surface area contributed by atoms with Gasteiger partial charge >= 0.3 is 5.97 Å². The fourth-order valence-electron chi connectivity index (χ4n) is 2.75. The summed E-state index contributed by atoms with van der Waals surface area (Å²) in [5.41, 5.74) is -1.16. The Hall–Kier alpha value is -0.610. The molecule has 0 N–H and O–H groups in total. The number of carbonyl (C=O) groups excluding carboxylic acids is 1. The van der Waals surface area contributed by atoms with Crippen molar-refractivity contribution >= 4 is 5.97 Å². The van der Waals surface area contributed by atoms with E-state index in [0.717, 1.165) is 38.9 Å². The Kier molecular flexibility index (Phi) is 4.21. The van der Waals surface area contributed by atoms with Crippen LogP contribution in [0.2, 0.25) is 0 Å². The third-order valence-electron chi connectivity index (χ3n) is 4.06. The molecule has 4 nitrogen and oxygen atoms in total. The van der Waals surface area contributed by atoms with Gasteiger partial charge in [0, 0.05) is 13.2 Å². The van der Waals surface area contributed by atoms with Gasteiger partial charge in [-0.3, -0.25) is 4.79 Å². The highest BCUT2D eigenvalue weighted by atomic mass is 16.6. The number of ether oxygens (including phenoxy) is 3. The Balaban J connectivity index is 2.15. The first-order valence-electron chi connectivity index (χ1n) is 7.30. The SMILES string of the molecule is CC(C)(C)C(=O)OC(C)(C1CCCO1)C1CCCO1. The molecule has 2 aliphatic heterocycles. The highest BCUT2D eigenvalue weighted by Crippen LogP contribution is 2.37. The Morgan fingerprint density at radius 3 is 1.79 bits per heavy atom. The molecule has 0 aromatic heterocycles. The molecule has 2 heterocycles. The third-order valence-corrected chi connectivity index (χ3v) is 4.06. The first kappa shape index (κ1) is 14.8. The van der Waals surface area contributed by atoms with E-state index in [9.17, 15) is 4.79 Å². The van der Waals surface area contributed by atoms with Gasteiger partial charge in [0.05, 0.1) is 17.6 Å². The predicted octanol–water partition coefficient (Wildman–Crippen LogP) is 2.69. The standard InChI is InChI=1S/C15H26O4/c1-14(2,3)13(16)19-15(4,11-7-5-9-17-11)12-8-6-10-18-12/h11-12H,5-10H2,1-4H3. The molecule has 0 spiro atoms. The Morgan fingerprint density at radius 2 is 1.47 bits per heavy atom. The summed E-state index contributed by atoms with van der Waals surface area (Å²) in [5.74, 6) is -0.180. The molecule has 2 aliphatic rings. The van der Waals surface area contributed by atoms with Gasteiger partial charge in [-0.15, -0.1) is 0 Å². The van der Waals surface area contributed by atoms with Gasteiger partial charge < -0.3 is 14.2 Å². The van der Waals surface area contributed by atoms with Crippen LogP contribution >= 0.6 is 0 Å². The lowest BCUT2D eigenvalue weighted by molar-refractivity contribution is -0.201. The van der Waals surface area contributed by atoms with Gasteiger partial charge in [-0.1, -0.05) is 0 Å². The molecule has 0 saturated carbocycles. The number of hydrogen-bond donors (Lipinski definition) is 0. The Labute approximate surface area is 115 Å². The molecule has 2 saturated heterocycles. The van der Waals surface area contributed by atoms with Crippen molar-refractivity contribution in [3.63, 3.8) is 0 Å². The zero-order chi connectivity index (χ0) is 14.1. The fourth-order valence-corrected chi connectivity index (χ4v) is 2.75. The molecule has 0 aliphatic carbocycles. The zero-order valence-electron chi connectivity index (χ0n) is 12.5. The van der Waals surface area contributed by atoms with Crippen LogP contribution in [-0.2, 0) is 19.0 Å². The molecule has 0 aromatic rings. The number of esters is 1. The molecule has 0 amide bonds. The second-order valence-electron chi connectivity index (χ2n) is 6.83. The predicted molar refractivity (Wildman–Crippen MR) is 71.9 cm³/mol. The zero-order valence-corrected chi connectivity index (χ0v) is 12.5. The molecular formula is C15H26O4. The maximum Gasteiger partial charge on any atom is 0.311 e. The van der Waals surface area contributed by atoms with Crippen LogP contribution < -0.4 is 0 Å². The van der Waals surface area contributed by atoms with Crippen molar-refractivity contribution in [3.8, 4) is 0 Å². The summed E-state index contributed by atoms with van der Waals surface area (Å²) in [6, 6.07) is 0. The fraction of sp³-hybridized carbons (Fsp3) is 0.933. The summed E-state index contributed by atoms with van der Waals surface area (Å²) in [6.45, 7) is 9.10. The van der Waals surface area contributed by atoms with Gasteiger partial charge in [0.1, 0.15) is 0 Å². The number of carbonyl (C=O) groups is 1. The lowest BCUT2D eigenvalue weighted by Gasteiger charge is -2.40. The van der Waals surface area contributed by atoms with E-state index in [4.69, 9.17) is 14.2 Å². The number of hydrogen-bond acceptors (Lipinski definition) is 4. The van der Waals surface area contributed by atoms with Crippen molar-refractivity contribution in [1.29, 1.82) is 0 Å². The van der Waals surface area contributed by atoms with Crippen LogP contribution in [0.4, 0.5) is 0 Å². The average molecular weight is 270 g/mol. The summed E-state index contributed by atoms with van der Waals surface area (Å²) in [5, 5.41) is 0. The summed E-state index contributed by atoms with van der Waals surface area (Å²) in [6.07, 6.45) is 3.85. The first-order chi connectivity index (χ1) is 8.84. The highest BCUT2D eigenvalue weighted by Gasteiger charge is 2.50. The molecule has 0 radical (unpaired) electrons. The molecule has 2 atom stereocenters. The van der Waals surface area contributed by atoms with Crippen LogP contribution in [0.15, 0.2) is 0 Å². The molecule has 0 aromatic carbocycles. The molecular weight excluding hydrogens is 244 g/mol. The molecule has 0 bridgehead atoms. The van der Waals surface area contributed by atoms with E-state index >= 15 is 0 Å². The monoisotopic (exact) mass is 270 g/mol. The van der Waals surface area contributed by atoms with Crippen molar-refractivity contribution in [2.24, 2.45) is 5.41 Å². The second-order valence-corrected chi connectivity index (χ2v) is 6.83. The van der Waals surface area contributed by atoms with Crippen molar-refractivity contribution in [2.45, 2.75) is 71.2 Å². The Bertz CT molecular complexity index is 304. The van der Waals surface area contributed by atoms with Gasteiger partial charge in [-0.2, -0.15) is 0 Å². The third kappa shape index (κ3) is 3.11. The summed E-state index contributed by atoms with van der Waals surface area (Å²) in [4.78, 5) is 12.3. The van der Waals surface area contributed by atoms with Gasteiger partial charge in [0.2, 0.25) is 0 Å². The van der Waals surface area contributed by atoms with Gasteiger partial charge in [-0.05, 0) is 53.4 Å². The van der Waals surface area contributed by atoms with Crippen molar-refractivity contribution in [1.82, 2.24) is 0 Å². The minimum absolute atomic E-state index is 0.0399. The topological polar surface area (TPSA) is 44.8 Å². The maximum atomic E-state index is 12.3.